The smallest absolute Gasteiger partial charge is 0.255 e. The molecule has 0 atom stereocenters. The zero-order valence-corrected chi connectivity index (χ0v) is 11.8. The fourth-order valence-corrected chi connectivity index (χ4v) is 2.45. The number of amides is 1. The lowest BCUT2D eigenvalue weighted by molar-refractivity contribution is 0.0888. The molecule has 1 amide bonds. The number of benzene rings is 1. The number of nitrogens with one attached hydrogen (secondary N) is 1. The van der Waals surface area contributed by atoms with Gasteiger partial charge in [0, 0.05) is 5.02 Å². The van der Waals surface area contributed by atoms with Gasteiger partial charge in [-0.25, -0.2) is 22.3 Å². The van der Waals surface area contributed by atoms with Gasteiger partial charge in [-0.05, 0) is 12.1 Å². The summed E-state index contributed by atoms with van der Waals surface area (Å²) in [6.07, 6.45) is -2.75. The van der Waals surface area contributed by atoms with Crippen LogP contribution in [0.25, 0.3) is 0 Å². The molecule has 0 aliphatic heterocycles. The number of primary sulfonamides is 1. The Bertz CT molecular complexity index is 622. The van der Waals surface area contributed by atoms with E-state index in [0.29, 0.717) is 0 Å². The third-order valence-corrected chi connectivity index (χ3v) is 3.33. The summed E-state index contributed by atoms with van der Waals surface area (Å²) >= 11 is 5.69. The van der Waals surface area contributed by atoms with Gasteiger partial charge in [-0.15, -0.1) is 0 Å². The van der Waals surface area contributed by atoms with Gasteiger partial charge in [0.2, 0.25) is 10.0 Å². The molecule has 0 radical (unpaired) electrons. The molecule has 0 saturated heterocycles. The molecule has 6 nitrogen and oxygen atoms in total. The van der Waals surface area contributed by atoms with Crippen molar-refractivity contribution >= 4 is 27.5 Å². The second-order valence-electron chi connectivity index (χ2n) is 3.63. The third kappa shape index (κ3) is 4.02. The van der Waals surface area contributed by atoms with Gasteiger partial charge in [0.15, 0.2) is 5.75 Å². The number of halogens is 3. The van der Waals surface area contributed by atoms with Gasteiger partial charge in [-0.3, -0.25) is 4.79 Å². The van der Waals surface area contributed by atoms with E-state index in [1.54, 1.807) is 0 Å². The highest BCUT2D eigenvalue weighted by Crippen LogP contribution is 2.31. The summed E-state index contributed by atoms with van der Waals surface area (Å²) in [5.74, 6) is -1.31. The number of sulfonamides is 1. The average Bonchev–Trinajstić information content (AvgIpc) is 2.33. The fourth-order valence-electron chi connectivity index (χ4n) is 1.42. The number of hydrogen-bond donors (Lipinski definition) is 2. The van der Waals surface area contributed by atoms with Gasteiger partial charge in [0.1, 0.15) is 4.90 Å². The van der Waals surface area contributed by atoms with Crippen LogP contribution in [-0.2, 0) is 10.0 Å². The predicted molar refractivity (Wildman–Crippen MR) is 67.7 cm³/mol. The zero-order valence-electron chi connectivity index (χ0n) is 10.2. The Morgan fingerprint density at radius 1 is 1.50 bits per heavy atom. The molecule has 0 bridgehead atoms. The summed E-state index contributed by atoms with van der Waals surface area (Å²) in [5.41, 5.74) is -0.301. The Balaban J connectivity index is 3.33. The number of nitrogens with two attached hydrogens (primary N) is 1. The van der Waals surface area contributed by atoms with Crippen molar-refractivity contribution in [3.63, 3.8) is 0 Å². The van der Waals surface area contributed by atoms with Crippen LogP contribution in [0.3, 0.4) is 0 Å². The van der Waals surface area contributed by atoms with Crippen LogP contribution in [0.4, 0.5) is 8.78 Å². The van der Waals surface area contributed by atoms with Gasteiger partial charge in [-0.2, -0.15) is 0 Å². The summed E-state index contributed by atoms with van der Waals surface area (Å²) in [4.78, 5) is 11.2. The van der Waals surface area contributed by atoms with E-state index >= 15 is 0 Å². The molecule has 0 spiro atoms. The summed E-state index contributed by atoms with van der Waals surface area (Å²) in [6.45, 7) is -0.890. The molecule has 3 N–H and O–H groups in total. The van der Waals surface area contributed by atoms with Crippen LogP contribution in [-0.4, -0.2) is 34.4 Å². The number of carbonyl (C=O) groups excluding carboxylic acids is 1. The third-order valence-electron chi connectivity index (χ3n) is 2.19. The maximum absolute atomic E-state index is 12.1. The van der Waals surface area contributed by atoms with Crippen LogP contribution < -0.4 is 15.2 Å². The SMILES string of the molecule is COc1c(C(=O)NCC(F)F)cc(Cl)cc1S(N)(=O)=O. The standard InChI is InChI=1S/C10H11ClF2N2O4S/c1-19-9-6(10(16)15-4-8(12)13)2-5(11)3-7(9)20(14,17)18/h2-3,8H,4H2,1H3,(H,15,16)(H2,14,17,18). The van der Waals surface area contributed by atoms with Crippen molar-refractivity contribution < 1.29 is 26.7 Å². The Kier molecular flexibility index (Phi) is 5.26. The Labute approximate surface area is 118 Å². The van der Waals surface area contributed by atoms with E-state index < -0.39 is 33.8 Å². The van der Waals surface area contributed by atoms with Gasteiger partial charge in [-0.1, -0.05) is 11.6 Å². The molecule has 0 fully saturated rings. The van der Waals surface area contributed by atoms with Crippen LogP contribution in [0, 0.1) is 0 Å². The molecule has 0 saturated carbocycles. The normalized spacial score (nSPS) is 11.5. The van der Waals surface area contributed by atoms with E-state index in [4.69, 9.17) is 21.5 Å². The first-order chi connectivity index (χ1) is 9.16. The molecule has 112 valence electrons. The van der Waals surface area contributed by atoms with Crippen molar-refractivity contribution in [1.29, 1.82) is 0 Å². The zero-order chi connectivity index (χ0) is 15.5. The van der Waals surface area contributed by atoms with Gasteiger partial charge < -0.3 is 10.1 Å². The summed E-state index contributed by atoms with van der Waals surface area (Å²) in [5, 5.41) is 6.79. The van der Waals surface area contributed by atoms with Crippen LogP contribution in [0.5, 0.6) is 5.75 Å². The molecule has 10 heteroatoms. The average molecular weight is 329 g/mol. The molecule has 0 unspecified atom stereocenters. The monoisotopic (exact) mass is 328 g/mol. The minimum absolute atomic E-state index is 0.1000. The molecule has 1 aromatic carbocycles. The fraction of sp³-hybridized carbons (Fsp3) is 0.300. The van der Waals surface area contributed by atoms with E-state index in [1.807, 2.05) is 5.32 Å². The van der Waals surface area contributed by atoms with Gasteiger partial charge >= 0.3 is 0 Å². The van der Waals surface area contributed by atoms with E-state index in [1.165, 1.54) is 0 Å². The molecule has 0 aromatic heterocycles. The van der Waals surface area contributed by atoms with E-state index in [9.17, 15) is 22.0 Å². The minimum atomic E-state index is -4.19. The number of alkyl halides is 2. The lowest BCUT2D eigenvalue weighted by Crippen LogP contribution is -2.29. The molecular weight excluding hydrogens is 318 g/mol. The number of methoxy groups -OCH3 is 1. The second-order valence-corrected chi connectivity index (χ2v) is 5.60. The summed E-state index contributed by atoms with van der Waals surface area (Å²) < 4.78 is 51.7. The maximum Gasteiger partial charge on any atom is 0.255 e. The lowest BCUT2D eigenvalue weighted by atomic mass is 10.2. The first-order valence-corrected chi connectivity index (χ1v) is 7.06. The highest BCUT2D eigenvalue weighted by Gasteiger charge is 2.23. The number of rotatable bonds is 5. The van der Waals surface area contributed by atoms with E-state index in [-0.39, 0.29) is 16.3 Å². The van der Waals surface area contributed by atoms with Crippen LogP contribution >= 0.6 is 11.6 Å². The van der Waals surface area contributed by atoms with Crippen LogP contribution in [0.15, 0.2) is 17.0 Å². The Morgan fingerprint density at radius 2 is 2.10 bits per heavy atom. The van der Waals surface area contributed by atoms with Crippen LogP contribution in [0.2, 0.25) is 5.02 Å². The predicted octanol–water partition coefficient (Wildman–Crippen LogP) is 0.991. The maximum atomic E-state index is 12.1. The quantitative estimate of drug-likeness (QED) is 0.842. The van der Waals surface area contributed by atoms with Crippen LogP contribution in [0.1, 0.15) is 10.4 Å². The second kappa shape index (κ2) is 6.33. The number of ether oxygens (including phenoxy) is 1. The van der Waals surface area contributed by atoms with Crippen molar-refractivity contribution in [2.45, 2.75) is 11.3 Å². The van der Waals surface area contributed by atoms with Crippen molar-refractivity contribution in [1.82, 2.24) is 5.32 Å². The molecule has 20 heavy (non-hydrogen) atoms. The van der Waals surface area contributed by atoms with Gasteiger partial charge in [0.05, 0.1) is 19.2 Å². The first-order valence-electron chi connectivity index (χ1n) is 5.13. The van der Waals surface area contributed by atoms with Gasteiger partial charge in [0.25, 0.3) is 12.3 Å². The molecular formula is C10H11ClF2N2O4S. The first kappa shape index (κ1) is 16.6. The minimum Gasteiger partial charge on any atom is -0.494 e. The highest BCUT2D eigenvalue weighted by molar-refractivity contribution is 7.89. The molecule has 1 rings (SSSR count). The number of hydrogen-bond acceptors (Lipinski definition) is 4. The van der Waals surface area contributed by atoms with Crippen molar-refractivity contribution in [3.8, 4) is 5.75 Å². The molecule has 0 heterocycles. The summed E-state index contributed by atoms with van der Waals surface area (Å²) in [6, 6.07) is 2.09. The van der Waals surface area contributed by atoms with E-state index in [2.05, 4.69) is 0 Å². The molecule has 0 aliphatic rings. The molecule has 1 aromatic rings. The lowest BCUT2D eigenvalue weighted by Gasteiger charge is -2.13. The molecule has 0 aliphatic carbocycles. The van der Waals surface area contributed by atoms with Crippen molar-refractivity contribution in [2.24, 2.45) is 5.14 Å². The Morgan fingerprint density at radius 3 is 2.55 bits per heavy atom. The summed E-state index contributed by atoms with van der Waals surface area (Å²) in [7, 11) is -3.08. The number of carbonyl (C=O) groups is 1. The van der Waals surface area contributed by atoms with E-state index in [0.717, 1.165) is 19.2 Å². The van der Waals surface area contributed by atoms with Crippen molar-refractivity contribution in [3.05, 3.63) is 22.7 Å². The highest BCUT2D eigenvalue weighted by atomic mass is 35.5. The Hall–Kier alpha value is -1.45. The van der Waals surface area contributed by atoms with Crippen molar-refractivity contribution in [2.75, 3.05) is 13.7 Å². The largest absolute Gasteiger partial charge is 0.494 e. The topological polar surface area (TPSA) is 98.5 Å².